The van der Waals surface area contributed by atoms with Gasteiger partial charge in [0.1, 0.15) is 0 Å². The van der Waals surface area contributed by atoms with Gasteiger partial charge in [0.25, 0.3) is 0 Å². The lowest BCUT2D eigenvalue weighted by atomic mass is 9.77. The van der Waals surface area contributed by atoms with Crippen LogP contribution in [0.5, 0.6) is 0 Å². The molecular formula is C113H227N17. The summed E-state index contributed by atoms with van der Waals surface area (Å²) >= 11 is 0. The third kappa shape index (κ3) is 38.0. The summed E-state index contributed by atoms with van der Waals surface area (Å²) in [5, 5.41) is 21.4. The molecule has 12 aliphatic heterocycles. The van der Waals surface area contributed by atoms with E-state index in [0.29, 0.717) is 18.1 Å². The third-order valence-corrected chi connectivity index (χ3v) is 36.7. The van der Waals surface area contributed by atoms with Crippen LogP contribution in [0.15, 0.2) is 0 Å². The minimum absolute atomic E-state index is 0.643. The summed E-state index contributed by atoms with van der Waals surface area (Å²) in [6, 6.07) is 11.4. The second-order valence-corrected chi connectivity index (χ2v) is 49.9. The summed E-state index contributed by atoms with van der Waals surface area (Å²) < 4.78 is 0. The smallest absolute Gasteiger partial charge is 0.0235 e. The van der Waals surface area contributed by atoms with Crippen molar-refractivity contribution < 1.29 is 0 Å². The van der Waals surface area contributed by atoms with Gasteiger partial charge in [0.05, 0.1) is 0 Å². The first-order chi connectivity index (χ1) is 62.2. The molecule has 7 saturated carbocycles. The van der Waals surface area contributed by atoms with Gasteiger partial charge in [-0.3, -0.25) is 19.6 Å². The number of piperidine rings is 3. The minimum Gasteiger partial charge on any atom is -0.316 e. The van der Waals surface area contributed by atoms with E-state index in [9.17, 15) is 0 Å². The monoisotopic (exact) mass is 1820 g/mol. The molecule has 0 aromatic rings. The van der Waals surface area contributed by atoms with E-state index >= 15 is 0 Å². The first-order valence-electron chi connectivity index (χ1n) is 57.6. The highest BCUT2D eigenvalue weighted by Gasteiger charge is 2.45. The third-order valence-electron chi connectivity index (χ3n) is 36.7. The standard InChI is InChI=1S/C12H23N.2C11H22N2.C11H21N.2C10H20N2.C10H22N2.C10H21N.C10H18.C9H21N3.C9H17N/c1-8(2)13-12-6-10-4-5-11(7-12)9(10)3;1-9(2)13-7-10-4-5-12(3)6-11(10)8-13;1-8(2)13-11-5-3-4-9-6-12-7-10(9)11;1-9(2)12-7-10-5-3-4-6-11(10)8-12;1-8(2)12-6-9-4-3-5-11-10(9)7-12;1-9(2)12-7-6-11-5-3-4-10(11)8-12;1-9(2)12-7-5-10(6-8-12)11(3)4;1-10(2)11-8-6-4-3-5-7-9-11;1-7(2)10-6-8-3-4-9(10)5-8;1-9(2)12-7-5-10-3-4-11-6-8-12;1-7(2)10-5-8-3-4-9(8)6-10/h8-13H,4-7H2,1-3H3;9-11H,4-8H2,1-3H3;8-13H,3-7H2,1-2H3;9-11H,3-8H2,1-2H3;8-11H,3-7H2,1-2H3;9-10H,3-8H2,1-2H3;9-10H,5-8H2,1-4H3;10H,3-9H2,1-2H3;7-10H,3-6H2,1-2H3;9-11H,3-8H2,1-2H3;7-9H,3-6H2,1-2H3. The molecule has 6 N–H and O–H groups in total. The quantitative estimate of drug-likeness (QED) is 0.0993. The lowest BCUT2D eigenvalue weighted by Gasteiger charge is -2.39. The topological polar surface area (TPSA) is 108 Å². The fraction of sp³-hybridized carbons (Fsp3) is 1.00. The van der Waals surface area contributed by atoms with Crippen LogP contribution < -0.4 is 31.9 Å². The Labute approximate surface area is 809 Å². The van der Waals surface area contributed by atoms with Crippen LogP contribution in [0, 0.1) is 94.7 Å². The maximum absolute atomic E-state index is 3.71. The fourth-order valence-electron chi connectivity index (χ4n) is 27.6. The summed E-state index contributed by atoms with van der Waals surface area (Å²) in [6.07, 6.45) is 42.4. The first kappa shape index (κ1) is 113. The molecule has 19 fully saturated rings. The first-order valence-corrected chi connectivity index (χ1v) is 57.6. The van der Waals surface area contributed by atoms with Gasteiger partial charge in [0, 0.05) is 208 Å². The van der Waals surface area contributed by atoms with E-state index in [1.807, 2.05) is 0 Å². The lowest BCUT2D eigenvalue weighted by molar-refractivity contribution is 0.0827. The predicted octanol–water partition coefficient (Wildman–Crippen LogP) is 19.0. The van der Waals surface area contributed by atoms with Crippen LogP contribution in [-0.2, 0) is 0 Å². The molecular weight excluding hydrogens is 1600 g/mol. The molecule has 0 aromatic carbocycles. The largest absolute Gasteiger partial charge is 0.316 e. The molecule has 17 unspecified atom stereocenters. The highest BCUT2D eigenvalue weighted by atomic mass is 15.3. The molecule has 12 heterocycles. The van der Waals surface area contributed by atoms with E-state index in [4.69, 9.17) is 0 Å². The highest BCUT2D eigenvalue weighted by Crippen LogP contribution is 2.51. The Morgan fingerprint density at radius 1 is 0.300 bits per heavy atom. The van der Waals surface area contributed by atoms with Gasteiger partial charge in [0.15, 0.2) is 0 Å². The van der Waals surface area contributed by atoms with Crippen LogP contribution in [0.2, 0.25) is 0 Å². The van der Waals surface area contributed by atoms with E-state index in [0.717, 1.165) is 193 Å². The average molecular weight is 1820 g/mol. The van der Waals surface area contributed by atoms with Crippen LogP contribution in [0.25, 0.3) is 0 Å². The maximum atomic E-state index is 3.71. The molecule has 12 saturated heterocycles. The number of nitrogens with one attached hydrogen (secondary N) is 6. The molecule has 17 heteroatoms. The Bertz CT molecular complexity index is 2730. The maximum Gasteiger partial charge on any atom is 0.0235 e. The summed E-state index contributed by atoms with van der Waals surface area (Å²) in [7, 11) is 6.64. The van der Waals surface area contributed by atoms with Gasteiger partial charge in [-0.25, -0.2) is 0 Å². The van der Waals surface area contributed by atoms with Crippen molar-refractivity contribution in [2.24, 2.45) is 94.7 Å². The van der Waals surface area contributed by atoms with Crippen LogP contribution in [0.4, 0.5) is 0 Å². The van der Waals surface area contributed by atoms with Crippen molar-refractivity contribution in [1.82, 2.24) is 85.8 Å². The number of likely N-dealkylation sites (tertiary alicyclic amines) is 7. The van der Waals surface area contributed by atoms with E-state index in [1.54, 1.807) is 25.7 Å². The van der Waals surface area contributed by atoms with Crippen molar-refractivity contribution in [2.45, 2.75) is 436 Å². The molecule has 19 rings (SSSR count). The van der Waals surface area contributed by atoms with E-state index < -0.39 is 0 Å². The molecule has 0 spiro atoms. The van der Waals surface area contributed by atoms with Gasteiger partial charge < -0.3 is 66.2 Å². The lowest BCUT2D eigenvalue weighted by Crippen LogP contribution is -2.52. The Balaban J connectivity index is 0.000000161. The molecule has 7 aliphatic carbocycles. The van der Waals surface area contributed by atoms with Gasteiger partial charge in [-0.1, -0.05) is 93.4 Å². The van der Waals surface area contributed by atoms with Gasteiger partial charge in [-0.2, -0.15) is 0 Å². The normalized spacial score (nSPS) is 34.7. The van der Waals surface area contributed by atoms with E-state index in [-0.39, 0.29) is 0 Å². The minimum atomic E-state index is 0.643. The summed E-state index contributed by atoms with van der Waals surface area (Å²) in [5.41, 5.74) is 0. The number of fused-ring (bicyclic) bond motifs is 10. The zero-order valence-electron chi connectivity index (χ0n) is 91.4. The molecule has 4 bridgehead atoms. The predicted molar refractivity (Wildman–Crippen MR) is 565 cm³/mol. The molecule has 0 aromatic heterocycles. The van der Waals surface area contributed by atoms with Gasteiger partial charge in [0.2, 0.25) is 0 Å². The Kier molecular flexibility index (Phi) is 51.5. The molecule has 130 heavy (non-hydrogen) atoms. The summed E-state index contributed by atoms with van der Waals surface area (Å²) in [6.45, 7) is 87.7. The van der Waals surface area contributed by atoms with Crippen molar-refractivity contribution in [3.63, 3.8) is 0 Å². The average Bonchev–Trinajstić information content (AvgIpc) is 1.67. The number of rotatable bonds is 14. The van der Waals surface area contributed by atoms with Crippen molar-refractivity contribution in [2.75, 3.05) is 198 Å². The van der Waals surface area contributed by atoms with Crippen molar-refractivity contribution >= 4 is 0 Å². The van der Waals surface area contributed by atoms with Crippen LogP contribution in [0.3, 0.4) is 0 Å². The molecule has 0 amide bonds. The number of nitrogens with zero attached hydrogens (tertiary/aromatic N) is 11. The van der Waals surface area contributed by atoms with Gasteiger partial charge >= 0.3 is 0 Å². The second-order valence-electron chi connectivity index (χ2n) is 49.9. The molecule has 17 atom stereocenters. The summed E-state index contributed by atoms with van der Waals surface area (Å²) in [5.74, 6) is 16.5. The number of piperazine rings is 1. The fourth-order valence-corrected chi connectivity index (χ4v) is 27.6. The van der Waals surface area contributed by atoms with E-state index in [2.05, 4.69) is 266 Å². The van der Waals surface area contributed by atoms with Gasteiger partial charge in [-0.15, -0.1) is 0 Å². The van der Waals surface area contributed by atoms with Crippen LogP contribution in [-0.4, -0.2) is 342 Å². The molecule has 764 valence electrons. The molecule has 0 radical (unpaired) electrons. The number of hydrogen-bond acceptors (Lipinski definition) is 17. The highest BCUT2D eigenvalue weighted by molar-refractivity contribution is 4.99. The van der Waals surface area contributed by atoms with Crippen LogP contribution in [0.1, 0.15) is 345 Å². The Morgan fingerprint density at radius 2 is 0.769 bits per heavy atom. The molecule has 19 aliphatic rings. The SMILES string of the molecule is CC(C)C1CC2CCC1C2.CC(C)N1CC2CCC2C1.CC(C)N1CC2CCCCC2C1.CC(C)N1CC2CCCNC2C1.CC(C)N1CC2CCN(C)CC2C1.CC(C)N1CCC(N(C)C)CC1.CC(C)N1CCCCCCC1.CC(C)N1CCN2CCCC2C1.CC(C)N1CCNCCNCC1.CC(C)NC1CC2CCC(C1)C2C.CC(C)NC1CCCC2CNCC21. The number of hydrogen-bond donors (Lipinski definition) is 6. The van der Waals surface area contributed by atoms with Crippen LogP contribution >= 0.6 is 0 Å². The van der Waals surface area contributed by atoms with Crippen molar-refractivity contribution in [3.8, 4) is 0 Å². The zero-order valence-corrected chi connectivity index (χ0v) is 91.4. The Morgan fingerprint density at radius 3 is 1.25 bits per heavy atom. The van der Waals surface area contributed by atoms with E-state index in [1.165, 1.54) is 311 Å². The summed E-state index contributed by atoms with van der Waals surface area (Å²) in [4.78, 5) is 28.4. The van der Waals surface area contributed by atoms with Gasteiger partial charge in [-0.05, 0) is 427 Å². The zero-order chi connectivity index (χ0) is 94.1. The van der Waals surface area contributed by atoms with Crippen molar-refractivity contribution in [1.29, 1.82) is 0 Å². The Hall–Kier alpha value is -0.680. The second kappa shape index (κ2) is 59.3. The molecule has 17 nitrogen and oxygen atoms in total. The van der Waals surface area contributed by atoms with Crippen molar-refractivity contribution in [3.05, 3.63) is 0 Å².